The van der Waals surface area contributed by atoms with E-state index in [2.05, 4.69) is 25.2 Å². The Kier molecular flexibility index (Phi) is 4.37. The third-order valence-electron chi connectivity index (χ3n) is 2.63. The van der Waals surface area contributed by atoms with Crippen molar-refractivity contribution in [2.24, 2.45) is 5.92 Å². The lowest BCUT2D eigenvalue weighted by atomic mass is 9.92. The molecule has 1 N–H and O–H groups in total. The Morgan fingerprint density at radius 1 is 1.43 bits per heavy atom. The summed E-state index contributed by atoms with van der Waals surface area (Å²) in [6.45, 7) is 6.73. The number of ether oxygens (including phenoxy) is 1. The van der Waals surface area contributed by atoms with E-state index in [1.54, 1.807) is 0 Å². The van der Waals surface area contributed by atoms with Gasteiger partial charge in [0.25, 0.3) is 0 Å². The van der Waals surface area contributed by atoms with Gasteiger partial charge in [0.2, 0.25) is 0 Å². The van der Waals surface area contributed by atoms with Gasteiger partial charge in [-0.05, 0) is 25.3 Å². The SMILES string of the molecule is CC(C)CNC1(C#N)CCCOCC1. The Bertz CT molecular complexity index is 200. The van der Waals surface area contributed by atoms with Crippen LogP contribution in [0.1, 0.15) is 33.1 Å². The van der Waals surface area contributed by atoms with Crippen LogP contribution in [0.2, 0.25) is 0 Å². The van der Waals surface area contributed by atoms with E-state index in [0.29, 0.717) is 12.5 Å². The topological polar surface area (TPSA) is 45.0 Å². The van der Waals surface area contributed by atoms with E-state index in [-0.39, 0.29) is 5.54 Å². The summed E-state index contributed by atoms with van der Waals surface area (Å²) in [4.78, 5) is 0. The van der Waals surface area contributed by atoms with Gasteiger partial charge in [0, 0.05) is 19.6 Å². The van der Waals surface area contributed by atoms with Crippen molar-refractivity contribution in [2.75, 3.05) is 19.8 Å². The molecule has 80 valence electrons. The maximum Gasteiger partial charge on any atom is 0.109 e. The molecule has 1 aliphatic rings. The number of nitrogens with zero attached hydrogens (tertiary/aromatic N) is 1. The van der Waals surface area contributed by atoms with Crippen LogP contribution in [-0.4, -0.2) is 25.3 Å². The van der Waals surface area contributed by atoms with Crippen LogP contribution in [0.25, 0.3) is 0 Å². The lowest BCUT2D eigenvalue weighted by Gasteiger charge is -2.26. The van der Waals surface area contributed by atoms with Crippen molar-refractivity contribution in [1.82, 2.24) is 5.32 Å². The predicted molar refractivity (Wildman–Crippen MR) is 55.9 cm³/mol. The zero-order chi connectivity index (χ0) is 10.4. The number of hydrogen-bond acceptors (Lipinski definition) is 3. The average Bonchev–Trinajstić information content (AvgIpc) is 2.41. The Morgan fingerprint density at radius 2 is 2.21 bits per heavy atom. The van der Waals surface area contributed by atoms with E-state index < -0.39 is 0 Å². The van der Waals surface area contributed by atoms with Crippen molar-refractivity contribution < 1.29 is 4.74 Å². The maximum atomic E-state index is 9.21. The van der Waals surface area contributed by atoms with Crippen LogP contribution in [0, 0.1) is 17.2 Å². The van der Waals surface area contributed by atoms with Gasteiger partial charge in [-0.2, -0.15) is 5.26 Å². The first-order valence-electron chi connectivity index (χ1n) is 5.42. The Morgan fingerprint density at radius 3 is 2.86 bits per heavy atom. The highest BCUT2D eigenvalue weighted by molar-refractivity contribution is 5.07. The molecule has 1 saturated heterocycles. The summed E-state index contributed by atoms with van der Waals surface area (Å²) < 4.78 is 5.37. The van der Waals surface area contributed by atoms with Crippen LogP contribution in [0.5, 0.6) is 0 Å². The first-order valence-corrected chi connectivity index (χ1v) is 5.42. The first kappa shape index (κ1) is 11.5. The summed E-state index contributed by atoms with van der Waals surface area (Å²) in [6.07, 6.45) is 2.71. The van der Waals surface area contributed by atoms with Crippen molar-refractivity contribution in [3.05, 3.63) is 0 Å². The molecule has 0 spiro atoms. The molecule has 0 aromatic heterocycles. The van der Waals surface area contributed by atoms with Crippen molar-refractivity contribution in [3.8, 4) is 6.07 Å². The zero-order valence-corrected chi connectivity index (χ0v) is 9.18. The average molecular weight is 196 g/mol. The maximum absolute atomic E-state index is 9.21. The number of hydrogen-bond donors (Lipinski definition) is 1. The van der Waals surface area contributed by atoms with E-state index in [0.717, 1.165) is 32.4 Å². The molecule has 3 nitrogen and oxygen atoms in total. The fourth-order valence-electron chi connectivity index (χ4n) is 1.68. The van der Waals surface area contributed by atoms with E-state index in [1.165, 1.54) is 0 Å². The molecule has 1 aliphatic heterocycles. The smallest absolute Gasteiger partial charge is 0.109 e. The molecule has 1 heterocycles. The Labute approximate surface area is 86.4 Å². The normalized spacial score (nSPS) is 28.4. The van der Waals surface area contributed by atoms with Crippen LogP contribution in [0.15, 0.2) is 0 Å². The molecule has 1 atom stereocenters. The van der Waals surface area contributed by atoms with Crippen molar-refractivity contribution in [3.63, 3.8) is 0 Å². The molecule has 0 aromatic rings. The van der Waals surface area contributed by atoms with E-state index in [9.17, 15) is 5.26 Å². The second-order valence-corrected chi connectivity index (χ2v) is 4.43. The lowest BCUT2D eigenvalue weighted by Crippen LogP contribution is -2.45. The fourth-order valence-corrected chi connectivity index (χ4v) is 1.68. The minimum Gasteiger partial charge on any atom is -0.381 e. The van der Waals surface area contributed by atoms with Crippen molar-refractivity contribution in [1.29, 1.82) is 5.26 Å². The number of rotatable bonds is 3. The van der Waals surface area contributed by atoms with Gasteiger partial charge in [-0.15, -0.1) is 0 Å². The molecule has 3 heteroatoms. The molecule has 0 amide bonds. The van der Waals surface area contributed by atoms with Crippen molar-refractivity contribution in [2.45, 2.75) is 38.6 Å². The summed E-state index contributed by atoms with van der Waals surface area (Å²) in [5.41, 5.74) is -0.333. The predicted octanol–water partition coefficient (Wildman–Crippen LogP) is 1.69. The minimum absolute atomic E-state index is 0.333. The van der Waals surface area contributed by atoms with Crippen LogP contribution < -0.4 is 5.32 Å². The van der Waals surface area contributed by atoms with Gasteiger partial charge in [-0.1, -0.05) is 13.8 Å². The summed E-state index contributed by atoms with van der Waals surface area (Å²) >= 11 is 0. The largest absolute Gasteiger partial charge is 0.381 e. The van der Waals surface area contributed by atoms with Gasteiger partial charge in [-0.3, -0.25) is 5.32 Å². The van der Waals surface area contributed by atoms with Gasteiger partial charge in [-0.25, -0.2) is 0 Å². The fraction of sp³-hybridized carbons (Fsp3) is 0.909. The van der Waals surface area contributed by atoms with E-state index in [4.69, 9.17) is 4.74 Å². The molecule has 0 saturated carbocycles. The molecule has 1 rings (SSSR count). The first-order chi connectivity index (χ1) is 6.68. The van der Waals surface area contributed by atoms with Crippen LogP contribution in [-0.2, 0) is 4.74 Å². The number of nitriles is 1. The van der Waals surface area contributed by atoms with Gasteiger partial charge in [0.05, 0.1) is 6.07 Å². The highest BCUT2D eigenvalue weighted by Crippen LogP contribution is 2.20. The summed E-state index contributed by atoms with van der Waals surface area (Å²) in [7, 11) is 0. The van der Waals surface area contributed by atoms with Crippen molar-refractivity contribution >= 4 is 0 Å². The molecule has 0 aliphatic carbocycles. The molecule has 0 bridgehead atoms. The quantitative estimate of drug-likeness (QED) is 0.747. The monoisotopic (exact) mass is 196 g/mol. The van der Waals surface area contributed by atoms with Gasteiger partial charge in [0.1, 0.15) is 5.54 Å². The minimum atomic E-state index is -0.333. The number of nitrogens with one attached hydrogen (secondary N) is 1. The van der Waals surface area contributed by atoms with Gasteiger partial charge in [0.15, 0.2) is 0 Å². The Hall–Kier alpha value is -0.590. The summed E-state index contributed by atoms with van der Waals surface area (Å²) in [5.74, 6) is 0.587. The highest BCUT2D eigenvalue weighted by atomic mass is 16.5. The molecule has 0 aromatic carbocycles. The second-order valence-electron chi connectivity index (χ2n) is 4.43. The van der Waals surface area contributed by atoms with Crippen LogP contribution >= 0.6 is 0 Å². The third-order valence-corrected chi connectivity index (χ3v) is 2.63. The molecular weight excluding hydrogens is 176 g/mol. The summed E-state index contributed by atoms with van der Waals surface area (Å²) in [6, 6.07) is 2.42. The molecule has 14 heavy (non-hydrogen) atoms. The molecule has 1 unspecified atom stereocenters. The van der Waals surface area contributed by atoms with Gasteiger partial charge >= 0.3 is 0 Å². The Balaban J connectivity index is 2.50. The van der Waals surface area contributed by atoms with Gasteiger partial charge < -0.3 is 4.74 Å². The zero-order valence-electron chi connectivity index (χ0n) is 9.18. The lowest BCUT2D eigenvalue weighted by molar-refractivity contribution is 0.140. The molecule has 0 radical (unpaired) electrons. The third kappa shape index (κ3) is 3.28. The van der Waals surface area contributed by atoms with E-state index >= 15 is 0 Å². The molecular formula is C11H20N2O. The van der Waals surface area contributed by atoms with Crippen LogP contribution in [0.4, 0.5) is 0 Å². The van der Waals surface area contributed by atoms with Crippen LogP contribution in [0.3, 0.4) is 0 Å². The highest BCUT2D eigenvalue weighted by Gasteiger charge is 2.30. The second kappa shape index (κ2) is 5.33. The standard InChI is InChI=1S/C11H20N2O/c1-10(2)8-13-11(9-12)4-3-6-14-7-5-11/h10,13H,3-8H2,1-2H3. The van der Waals surface area contributed by atoms with E-state index in [1.807, 2.05) is 0 Å². The molecule has 1 fully saturated rings. The summed E-state index contributed by atoms with van der Waals surface area (Å²) in [5, 5.41) is 12.6.